The lowest BCUT2D eigenvalue weighted by Gasteiger charge is -2.07. The Balaban J connectivity index is 1.75. The number of hydrogen-bond donors (Lipinski definition) is 2. The number of aryl methyl sites for hydroxylation is 1. The second-order valence-corrected chi connectivity index (χ2v) is 5.84. The summed E-state index contributed by atoms with van der Waals surface area (Å²) in [7, 11) is 0. The molecule has 2 amide bonds. The van der Waals surface area contributed by atoms with Gasteiger partial charge >= 0.3 is 0 Å². The van der Waals surface area contributed by atoms with E-state index < -0.39 is 0 Å². The van der Waals surface area contributed by atoms with Crippen molar-refractivity contribution < 1.29 is 9.59 Å². The second kappa shape index (κ2) is 7.75. The maximum Gasteiger partial charge on any atom is 0.251 e. The fourth-order valence-corrected chi connectivity index (χ4v) is 2.12. The summed E-state index contributed by atoms with van der Waals surface area (Å²) in [5, 5.41) is 5.52. The largest absolute Gasteiger partial charge is 0.352 e. The summed E-state index contributed by atoms with van der Waals surface area (Å²) in [4.78, 5) is 23.7. The monoisotopic (exact) mass is 360 g/mol. The molecule has 0 fully saturated rings. The first-order valence-corrected chi connectivity index (χ1v) is 7.74. The van der Waals surface area contributed by atoms with Gasteiger partial charge < -0.3 is 10.6 Å². The zero-order valence-corrected chi connectivity index (χ0v) is 13.8. The normalized spacial score (nSPS) is 10.1. The van der Waals surface area contributed by atoms with Crippen LogP contribution in [0.3, 0.4) is 0 Å². The predicted molar refractivity (Wildman–Crippen MR) is 90.9 cm³/mol. The molecule has 2 N–H and O–H groups in total. The van der Waals surface area contributed by atoms with Crippen molar-refractivity contribution in [3.63, 3.8) is 0 Å². The van der Waals surface area contributed by atoms with E-state index in [0.29, 0.717) is 12.1 Å². The van der Waals surface area contributed by atoms with Crippen LogP contribution in [0.2, 0.25) is 0 Å². The van der Waals surface area contributed by atoms with Gasteiger partial charge in [-0.25, -0.2) is 0 Å². The van der Waals surface area contributed by atoms with E-state index in [1.54, 1.807) is 24.3 Å². The van der Waals surface area contributed by atoms with Gasteiger partial charge in [0, 0.05) is 28.7 Å². The fraction of sp³-hybridized carbons (Fsp3) is 0.176. The fourth-order valence-electron chi connectivity index (χ4n) is 1.85. The second-order valence-electron chi connectivity index (χ2n) is 4.93. The van der Waals surface area contributed by atoms with Crippen molar-refractivity contribution in [1.29, 1.82) is 0 Å². The highest BCUT2D eigenvalue weighted by Crippen LogP contribution is 2.10. The molecule has 0 radical (unpaired) electrons. The van der Waals surface area contributed by atoms with E-state index in [0.717, 1.165) is 15.7 Å². The molecule has 114 valence electrons. The molecule has 0 aliphatic carbocycles. The lowest BCUT2D eigenvalue weighted by molar-refractivity contribution is -0.116. The van der Waals surface area contributed by atoms with E-state index in [2.05, 4.69) is 26.6 Å². The standard InChI is InChI=1S/C17H17BrN2O2/c1-12-2-8-15(9-3-12)20-16(21)10-11-19-17(22)13-4-6-14(18)7-5-13/h2-9H,10-11H2,1H3,(H,19,22)(H,20,21). The average molecular weight is 361 g/mol. The summed E-state index contributed by atoms with van der Waals surface area (Å²) in [5.41, 5.74) is 2.47. The highest BCUT2D eigenvalue weighted by Gasteiger charge is 2.06. The number of carbonyl (C=O) groups excluding carboxylic acids is 2. The Morgan fingerprint density at radius 2 is 1.64 bits per heavy atom. The van der Waals surface area contributed by atoms with Gasteiger partial charge in [-0.3, -0.25) is 9.59 Å². The van der Waals surface area contributed by atoms with Crippen LogP contribution >= 0.6 is 15.9 Å². The summed E-state index contributed by atoms with van der Waals surface area (Å²) >= 11 is 3.32. The first-order chi connectivity index (χ1) is 10.5. The van der Waals surface area contributed by atoms with E-state index in [4.69, 9.17) is 0 Å². The molecule has 4 nitrogen and oxygen atoms in total. The number of amides is 2. The molecule has 0 spiro atoms. The number of anilines is 1. The van der Waals surface area contributed by atoms with E-state index in [1.807, 2.05) is 31.2 Å². The Labute approximate surface area is 138 Å². The van der Waals surface area contributed by atoms with Crippen molar-refractivity contribution >= 4 is 33.4 Å². The van der Waals surface area contributed by atoms with E-state index in [1.165, 1.54) is 0 Å². The molecular formula is C17H17BrN2O2. The summed E-state index contributed by atoms with van der Waals surface area (Å²) in [5.74, 6) is -0.310. The van der Waals surface area contributed by atoms with E-state index in [-0.39, 0.29) is 18.2 Å². The zero-order valence-electron chi connectivity index (χ0n) is 12.2. The number of nitrogens with one attached hydrogen (secondary N) is 2. The van der Waals surface area contributed by atoms with Gasteiger partial charge in [0.15, 0.2) is 0 Å². The van der Waals surface area contributed by atoms with Gasteiger partial charge in [0.1, 0.15) is 0 Å². The molecule has 5 heteroatoms. The minimum atomic E-state index is -0.185. The third-order valence-corrected chi connectivity index (χ3v) is 3.61. The predicted octanol–water partition coefficient (Wildman–Crippen LogP) is 3.52. The quantitative estimate of drug-likeness (QED) is 0.856. The summed E-state index contributed by atoms with van der Waals surface area (Å²) in [6, 6.07) is 14.6. The SMILES string of the molecule is Cc1ccc(NC(=O)CCNC(=O)c2ccc(Br)cc2)cc1. The zero-order chi connectivity index (χ0) is 15.9. The van der Waals surface area contributed by atoms with Crippen LogP contribution in [0.4, 0.5) is 5.69 Å². The number of benzene rings is 2. The van der Waals surface area contributed by atoms with Gasteiger partial charge in [0.05, 0.1) is 0 Å². The highest BCUT2D eigenvalue weighted by molar-refractivity contribution is 9.10. The third kappa shape index (κ3) is 5.00. The molecule has 0 saturated heterocycles. The molecule has 2 rings (SSSR count). The van der Waals surface area contributed by atoms with Crippen LogP contribution in [-0.4, -0.2) is 18.4 Å². The molecule has 2 aromatic carbocycles. The molecule has 0 aromatic heterocycles. The first-order valence-electron chi connectivity index (χ1n) is 6.95. The Morgan fingerprint density at radius 1 is 1.00 bits per heavy atom. The molecule has 22 heavy (non-hydrogen) atoms. The van der Waals surface area contributed by atoms with E-state index >= 15 is 0 Å². The highest BCUT2D eigenvalue weighted by atomic mass is 79.9. The van der Waals surface area contributed by atoms with Crippen LogP contribution in [0.15, 0.2) is 53.0 Å². The number of hydrogen-bond acceptors (Lipinski definition) is 2. The minimum Gasteiger partial charge on any atom is -0.352 e. The van der Waals surface area contributed by atoms with Crippen LogP contribution in [0, 0.1) is 6.92 Å². The van der Waals surface area contributed by atoms with Gasteiger partial charge in [-0.05, 0) is 43.3 Å². The van der Waals surface area contributed by atoms with Crippen LogP contribution in [0.25, 0.3) is 0 Å². The summed E-state index contributed by atoms with van der Waals surface area (Å²) in [6.45, 7) is 2.29. The Morgan fingerprint density at radius 3 is 2.27 bits per heavy atom. The molecule has 0 unspecified atom stereocenters. The molecule has 0 heterocycles. The van der Waals surface area contributed by atoms with Crippen LogP contribution in [-0.2, 0) is 4.79 Å². The first kappa shape index (κ1) is 16.2. The average Bonchev–Trinajstić information content (AvgIpc) is 2.50. The van der Waals surface area contributed by atoms with Gasteiger partial charge in [0.2, 0.25) is 5.91 Å². The van der Waals surface area contributed by atoms with Crippen LogP contribution < -0.4 is 10.6 Å². The number of carbonyl (C=O) groups is 2. The van der Waals surface area contributed by atoms with Crippen molar-refractivity contribution in [2.45, 2.75) is 13.3 Å². The summed E-state index contributed by atoms with van der Waals surface area (Å²) in [6.07, 6.45) is 0.232. The third-order valence-electron chi connectivity index (χ3n) is 3.08. The van der Waals surface area contributed by atoms with Gasteiger partial charge in [0.25, 0.3) is 5.91 Å². The Kier molecular flexibility index (Phi) is 5.72. The summed E-state index contributed by atoms with van der Waals surface area (Å²) < 4.78 is 0.918. The Bertz CT molecular complexity index is 651. The van der Waals surface area contributed by atoms with Crippen molar-refractivity contribution in [2.24, 2.45) is 0 Å². The number of rotatable bonds is 5. The van der Waals surface area contributed by atoms with Gasteiger partial charge in [-0.1, -0.05) is 33.6 Å². The lowest BCUT2D eigenvalue weighted by atomic mass is 10.2. The van der Waals surface area contributed by atoms with Gasteiger partial charge in [-0.15, -0.1) is 0 Å². The minimum absolute atomic E-state index is 0.125. The molecule has 0 saturated carbocycles. The van der Waals surface area contributed by atoms with E-state index in [9.17, 15) is 9.59 Å². The molecule has 2 aromatic rings. The van der Waals surface area contributed by atoms with Gasteiger partial charge in [-0.2, -0.15) is 0 Å². The molecule has 0 bridgehead atoms. The molecule has 0 atom stereocenters. The molecule has 0 aliphatic rings. The lowest BCUT2D eigenvalue weighted by Crippen LogP contribution is -2.27. The van der Waals surface area contributed by atoms with Crippen LogP contribution in [0.1, 0.15) is 22.3 Å². The van der Waals surface area contributed by atoms with Crippen molar-refractivity contribution in [3.05, 3.63) is 64.1 Å². The maximum absolute atomic E-state index is 11.9. The van der Waals surface area contributed by atoms with Crippen LogP contribution in [0.5, 0.6) is 0 Å². The Hall–Kier alpha value is -2.14. The smallest absolute Gasteiger partial charge is 0.251 e. The van der Waals surface area contributed by atoms with Crippen molar-refractivity contribution in [2.75, 3.05) is 11.9 Å². The molecule has 0 aliphatic heterocycles. The van der Waals surface area contributed by atoms with Crippen molar-refractivity contribution in [1.82, 2.24) is 5.32 Å². The molecular weight excluding hydrogens is 344 g/mol. The maximum atomic E-state index is 11.9. The van der Waals surface area contributed by atoms with Crippen molar-refractivity contribution in [3.8, 4) is 0 Å². The topological polar surface area (TPSA) is 58.2 Å². The number of halogens is 1.